The number of hydrogen-bond donors (Lipinski definition) is 1. The van der Waals surface area contributed by atoms with Gasteiger partial charge in [-0.3, -0.25) is 4.98 Å². The Balaban J connectivity index is 1.60. The molecule has 1 aromatic heterocycles. The van der Waals surface area contributed by atoms with E-state index in [1.807, 2.05) is 12.3 Å². The van der Waals surface area contributed by atoms with Crippen LogP contribution in [0.4, 0.5) is 0 Å². The fourth-order valence-corrected chi connectivity index (χ4v) is 2.06. The van der Waals surface area contributed by atoms with Gasteiger partial charge in [-0.1, -0.05) is 30.4 Å². The Labute approximate surface area is 108 Å². The molecule has 0 saturated heterocycles. The molecule has 0 amide bonds. The van der Waals surface area contributed by atoms with Crippen LogP contribution in [-0.4, -0.2) is 17.6 Å². The van der Waals surface area contributed by atoms with Gasteiger partial charge in [0.2, 0.25) is 0 Å². The van der Waals surface area contributed by atoms with Gasteiger partial charge in [-0.05, 0) is 43.5 Å². The first kappa shape index (κ1) is 11.4. The Morgan fingerprint density at radius 3 is 3.11 bits per heavy atom. The smallest absolute Gasteiger partial charge is 0.0707 e. The highest BCUT2D eigenvalue weighted by molar-refractivity contribution is 5.80. The summed E-state index contributed by atoms with van der Waals surface area (Å²) in [6.07, 6.45) is 10.1. The number of fused-ring (bicyclic) bond motifs is 1. The lowest BCUT2D eigenvalue weighted by Gasteiger charge is -1.99. The molecular formula is C16H18N2. The van der Waals surface area contributed by atoms with Crippen molar-refractivity contribution in [3.63, 3.8) is 0 Å². The second kappa shape index (κ2) is 5.32. The first-order valence-electron chi connectivity index (χ1n) is 6.66. The molecule has 0 unspecified atom stereocenters. The van der Waals surface area contributed by atoms with Gasteiger partial charge in [0, 0.05) is 17.6 Å². The summed E-state index contributed by atoms with van der Waals surface area (Å²) >= 11 is 0. The molecule has 1 aliphatic carbocycles. The summed E-state index contributed by atoms with van der Waals surface area (Å²) in [7, 11) is 0. The topological polar surface area (TPSA) is 24.9 Å². The van der Waals surface area contributed by atoms with E-state index in [0.29, 0.717) is 0 Å². The molecule has 1 heterocycles. The molecule has 1 aliphatic rings. The van der Waals surface area contributed by atoms with Crippen molar-refractivity contribution in [1.29, 1.82) is 0 Å². The molecule has 0 aliphatic heterocycles. The van der Waals surface area contributed by atoms with Crippen molar-refractivity contribution in [2.45, 2.75) is 25.3 Å². The first-order chi connectivity index (χ1) is 8.92. The number of pyridine rings is 1. The van der Waals surface area contributed by atoms with E-state index < -0.39 is 0 Å². The molecular weight excluding hydrogens is 220 g/mol. The molecule has 18 heavy (non-hydrogen) atoms. The fourth-order valence-electron chi connectivity index (χ4n) is 2.06. The summed E-state index contributed by atoms with van der Waals surface area (Å²) < 4.78 is 0. The molecule has 0 spiro atoms. The zero-order valence-electron chi connectivity index (χ0n) is 10.5. The summed E-state index contributed by atoms with van der Waals surface area (Å²) in [6, 6.07) is 11.3. The van der Waals surface area contributed by atoms with Gasteiger partial charge in [-0.2, -0.15) is 0 Å². The van der Waals surface area contributed by atoms with E-state index in [9.17, 15) is 0 Å². The standard InChI is InChI=1S/C16H18N2/c1(2-10-17-15-8-9-15)4-13-6-7-14-5-3-11-18-16(14)12-13/h1,3-7,11-12,15,17H,2,8-10H2/b4-1+. The summed E-state index contributed by atoms with van der Waals surface area (Å²) in [6.45, 7) is 1.09. The Hall–Kier alpha value is -1.67. The van der Waals surface area contributed by atoms with Gasteiger partial charge in [-0.15, -0.1) is 0 Å². The van der Waals surface area contributed by atoms with Crippen molar-refractivity contribution in [2.24, 2.45) is 0 Å². The predicted octanol–water partition coefficient (Wildman–Crippen LogP) is 3.39. The number of nitrogens with one attached hydrogen (secondary N) is 1. The summed E-state index contributed by atoms with van der Waals surface area (Å²) in [5, 5.41) is 4.71. The highest BCUT2D eigenvalue weighted by Gasteiger charge is 2.19. The fraction of sp³-hybridized carbons (Fsp3) is 0.312. The number of nitrogens with zero attached hydrogens (tertiary/aromatic N) is 1. The third kappa shape index (κ3) is 2.96. The summed E-state index contributed by atoms with van der Waals surface area (Å²) in [5.74, 6) is 0. The van der Waals surface area contributed by atoms with Crippen molar-refractivity contribution < 1.29 is 0 Å². The molecule has 2 aromatic rings. The third-order valence-electron chi connectivity index (χ3n) is 3.26. The SMILES string of the molecule is C(=C\c1ccc2cccnc2c1)/CCNC1CC1. The summed E-state index contributed by atoms with van der Waals surface area (Å²) in [4.78, 5) is 4.37. The maximum absolute atomic E-state index is 4.37. The molecule has 1 saturated carbocycles. The molecule has 1 N–H and O–H groups in total. The van der Waals surface area contributed by atoms with E-state index in [4.69, 9.17) is 0 Å². The Morgan fingerprint density at radius 1 is 1.28 bits per heavy atom. The number of hydrogen-bond acceptors (Lipinski definition) is 2. The lowest BCUT2D eigenvalue weighted by Crippen LogP contribution is -2.16. The van der Waals surface area contributed by atoms with Crippen LogP contribution in [-0.2, 0) is 0 Å². The third-order valence-corrected chi connectivity index (χ3v) is 3.26. The lowest BCUT2D eigenvalue weighted by atomic mass is 10.1. The van der Waals surface area contributed by atoms with Crippen molar-refractivity contribution in [2.75, 3.05) is 6.54 Å². The summed E-state index contributed by atoms with van der Waals surface area (Å²) in [5.41, 5.74) is 2.29. The molecule has 0 radical (unpaired) electrons. The normalized spacial score (nSPS) is 15.6. The van der Waals surface area contributed by atoms with Crippen LogP contribution in [0.2, 0.25) is 0 Å². The van der Waals surface area contributed by atoms with E-state index in [2.05, 4.69) is 46.7 Å². The van der Waals surface area contributed by atoms with Gasteiger partial charge >= 0.3 is 0 Å². The van der Waals surface area contributed by atoms with E-state index in [1.165, 1.54) is 23.8 Å². The van der Waals surface area contributed by atoms with E-state index in [0.717, 1.165) is 24.5 Å². The number of aromatic nitrogens is 1. The van der Waals surface area contributed by atoms with Crippen LogP contribution in [0.3, 0.4) is 0 Å². The monoisotopic (exact) mass is 238 g/mol. The zero-order chi connectivity index (χ0) is 12.2. The molecule has 3 rings (SSSR count). The average Bonchev–Trinajstić information content (AvgIpc) is 3.22. The zero-order valence-corrected chi connectivity index (χ0v) is 10.5. The Kier molecular flexibility index (Phi) is 3.37. The van der Waals surface area contributed by atoms with Crippen molar-refractivity contribution in [3.05, 3.63) is 48.2 Å². The Morgan fingerprint density at radius 2 is 2.22 bits per heavy atom. The van der Waals surface area contributed by atoms with Crippen LogP contribution in [0, 0.1) is 0 Å². The predicted molar refractivity (Wildman–Crippen MR) is 76.4 cm³/mol. The molecule has 1 aromatic carbocycles. The van der Waals surface area contributed by atoms with Crippen LogP contribution in [0.1, 0.15) is 24.8 Å². The maximum atomic E-state index is 4.37. The van der Waals surface area contributed by atoms with E-state index in [-0.39, 0.29) is 0 Å². The first-order valence-corrected chi connectivity index (χ1v) is 6.66. The van der Waals surface area contributed by atoms with Crippen molar-refractivity contribution in [1.82, 2.24) is 10.3 Å². The van der Waals surface area contributed by atoms with Gasteiger partial charge < -0.3 is 5.32 Å². The quantitative estimate of drug-likeness (QED) is 0.808. The molecule has 2 nitrogen and oxygen atoms in total. The van der Waals surface area contributed by atoms with Crippen molar-refractivity contribution >= 4 is 17.0 Å². The maximum Gasteiger partial charge on any atom is 0.0707 e. The number of benzene rings is 1. The van der Waals surface area contributed by atoms with Gasteiger partial charge in [0.1, 0.15) is 0 Å². The van der Waals surface area contributed by atoms with E-state index >= 15 is 0 Å². The minimum Gasteiger partial charge on any atom is -0.314 e. The van der Waals surface area contributed by atoms with Crippen LogP contribution in [0.25, 0.3) is 17.0 Å². The second-order valence-corrected chi connectivity index (χ2v) is 4.87. The molecule has 0 atom stereocenters. The molecule has 92 valence electrons. The number of rotatable bonds is 5. The molecule has 0 bridgehead atoms. The van der Waals surface area contributed by atoms with Crippen LogP contribution in [0.5, 0.6) is 0 Å². The highest BCUT2D eigenvalue weighted by Crippen LogP contribution is 2.18. The van der Waals surface area contributed by atoms with Gasteiger partial charge in [-0.25, -0.2) is 0 Å². The van der Waals surface area contributed by atoms with Crippen LogP contribution >= 0.6 is 0 Å². The molecule has 1 fully saturated rings. The molecule has 2 heteroatoms. The van der Waals surface area contributed by atoms with Gasteiger partial charge in [0.05, 0.1) is 5.52 Å². The van der Waals surface area contributed by atoms with Crippen LogP contribution in [0.15, 0.2) is 42.6 Å². The minimum atomic E-state index is 0.809. The van der Waals surface area contributed by atoms with Gasteiger partial charge in [0.15, 0.2) is 0 Å². The minimum absolute atomic E-state index is 0.809. The average molecular weight is 238 g/mol. The lowest BCUT2D eigenvalue weighted by molar-refractivity contribution is 0.691. The van der Waals surface area contributed by atoms with Gasteiger partial charge in [0.25, 0.3) is 0 Å². The highest BCUT2D eigenvalue weighted by atomic mass is 14.9. The van der Waals surface area contributed by atoms with Crippen LogP contribution < -0.4 is 5.32 Å². The largest absolute Gasteiger partial charge is 0.314 e. The Bertz CT molecular complexity index is 556. The second-order valence-electron chi connectivity index (χ2n) is 4.87. The van der Waals surface area contributed by atoms with E-state index in [1.54, 1.807) is 0 Å². The van der Waals surface area contributed by atoms with Crippen molar-refractivity contribution in [3.8, 4) is 0 Å².